The molecule has 0 saturated heterocycles. The van der Waals surface area contributed by atoms with Gasteiger partial charge < -0.3 is 5.11 Å². The first kappa shape index (κ1) is 9.64. The van der Waals surface area contributed by atoms with Crippen molar-refractivity contribution in [3.63, 3.8) is 0 Å². The summed E-state index contributed by atoms with van der Waals surface area (Å²) in [6.07, 6.45) is -1.17. The van der Waals surface area contributed by atoms with Crippen LogP contribution in [0.4, 0.5) is 9.18 Å². The molecule has 78 valence electrons. The normalized spacial score (nSPS) is 15.0. The number of fused-ring (bicyclic) bond motifs is 1. The standard InChI is InChI=1S/C10H8FNO3/c11-7-3-1-2-6-4-12(10(14)15)5-8(13)9(6)7/h1-3H,4-5H2,(H,14,15). The summed E-state index contributed by atoms with van der Waals surface area (Å²) in [5, 5.41) is 8.73. The number of ketones is 1. The van der Waals surface area contributed by atoms with E-state index in [1.165, 1.54) is 12.1 Å². The molecule has 5 heteroatoms. The van der Waals surface area contributed by atoms with Crippen LogP contribution in [-0.2, 0) is 6.54 Å². The number of rotatable bonds is 0. The van der Waals surface area contributed by atoms with Gasteiger partial charge in [0, 0.05) is 0 Å². The van der Waals surface area contributed by atoms with Crippen molar-refractivity contribution in [1.29, 1.82) is 0 Å². The lowest BCUT2D eigenvalue weighted by Crippen LogP contribution is -2.39. The number of nitrogens with zero attached hydrogens (tertiary/aromatic N) is 1. The Morgan fingerprint density at radius 1 is 1.40 bits per heavy atom. The fraction of sp³-hybridized carbons (Fsp3) is 0.200. The van der Waals surface area contributed by atoms with Crippen molar-refractivity contribution in [2.75, 3.05) is 6.54 Å². The maximum atomic E-state index is 13.3. The third kappa shape index (κ3) is 1.56. The molecule has 4 nitrogen and oxygen atoms in total. The van der Waals surface area contributed by atoms with Gasteiger partial charge in [0.1, 0.15) is 5.82 Å². The maximum absolute atomic E-state index is 13.3. The van der Waals surface area contributed by atoms with Crippen LogP contribution < -0.4 is 0 Å². The monoisotopic (exact) mass is 209 g/mol. The zero-order chi connectivity index (χ0) is 11.0. The smallest absolute Gasteiger partial charge is 0.408 e. The second kappa shape index (κ2) is 3.34. The summed E-state index contributed by atoms with van der Waals surface area (Å²) in [6.45, 7) is -0.211. The molecule has 1 aliphatic rings. The molecule has 0 saturated carbocycles. The average molecular weight is 209 g/mol. The number of amides is 1. The van der Waals surface area contributed by atoms with Gasteiger partial charge in [-0.05, 0) is 11.6 Å². The number of carbonyl (C=O) groups excluding carboxylic acids is 1. The van der Waals surface area contributed by atoms with Gasteiger partial charge in [-0.1, -0.05) is 12.1 Å². The highest BCUT2D eigenvalue weighted by molar-refractivity contribution is 6.01. The van der Waals surface area contributed by atoms with E-state index >= 15 is 0 Å². The molecule has 1 aliphatic heterocycles. The van der Waals surface area contributed by atoms with Crippen LogP contribution in [-0.4, -0.2) is 28.4 Å². The molecule has 0 unspecified atom stereocenters. The number of hydrogen-bond donors (Lipinski definition) is 1. The van der Waals surface area contributed by atoms with Crippen molar-refractivity contribution in [1.82, 2.24) is 4.90 Å². The molecule has 1 N–H and O–H groups in total. The van der Waals surface area contributed by atoms with Gasteiger partial charge in [-0.3, -0.25) is 9.69 Å². The summed E-state index contributed by atoms with van der Waals surface area (Å²) < 4.78 is 13.3. The molecule has 1 aromatic rings. The van der Waals surface area contributed by atoms with Crippen molar-refractivity contribution in [2.24, 2.45) is 0 Å². The van der Waals surface area contributed by atoms with Gasteiger partial charge in [-0.2, -0.15) is 0 Å². The Morgan fingerprint density at radius 2 is 2.13 bits per heavy atom. The van der Waals surface area contributed by atoms with Crippen LogP contribution in [0.25, 0.3) is 0 Å². The molecule has 0 aliphatic carbocycles. The second-order valence-electron chi connectivity index (χ2n) is 3.34. The van der Waals surface area contributed by atoms with E-state index in [9.17, 15) is 14.0 Å². The summed E-state index contributed by atoms with van der Waals surface area (Å²) in [4.78, 5) is 23.1. The minimum atomic E-state index is -1.17. The van der Waals surface area contributed by atoms with E-state index in [-0.39, 0.29) is 18.7 Å². The number of Topliss-reactive ketones (excluding diaryl/α,β-unsaturated/α-hetero) is 1. The lowest BCUT2D eigenvalue weighted by atomic mass is 9.98. The Balaban J connectivity index is 2.45. The van der Waals surface area contributed by atoms with Gasteiger partial charge in [0.05, 0.1) is 18.7 Å². The Bertz CT molecular complexity index is 444. The van der Waals surface area contributed by atoms with Gasteiger partial charge >= 0.3 is 6.09 Å². The highest BCUT2D eigenvalue weighted by Gasteiger charge is 2.28. The van der Waals surface area contributed by atoms with Crippen molar-refractivity contribution < 1.29 is 19.1 Å². The summed E-state index contributed by atoms with van der Waals surface area (Å²) in [5.74, 6) is -1.07. The van der Waals surface area contributed by atoms with Crippen molar-refractivity contribution >= 4 is 11.9 Å². The van der Waals surface area contributed by atoms with Gasteiger partial charge in [-0.15, -0.1) is 0 Å². The number of hydrogen-bond acceptors (Lipinski definition) is 2. The van der Waals surface area contributed by atoms with Crippen molar-refractivity contribution in [3.8, 4) is 0 Å². The molecule has 15 heavy (non-hydrogen) atoms. The first-order valence-corrected chi connectivity index (χ1v) is 4.38. The minimum absolute atomic E-state index is 0.0231. The minimum Gasteiger partial charge on any atom is -0.465 e. The van der Waals surface area contributed by atoms with E-state index in [2.05, 4.69) is 0 Å². The van der Waals surface area contributed by atoms with Crippen LogP contribution in [0.15, 0.2) is 18.2 Å². The molecule has 2 rings (SSSR count). The van der Waals surface area contributed by atoms with Crippen molar-refractivity contribution in [2.45, 2.75) is 6.54 Å². The van der Waals surface area contributed by atoms with E-state index in [0.29, 0.717) is 5.56 Å². The first-order valence-electron chi connectivity index (χ1n) is 4.38. The van der Waals surface area contributed by atoms with E-state index < -0.39 is 17.7 Å². The highest BCUT2D eigenvalue weighted by Crippen LogP contribution is 2.21. The van der Waals surface area contributed by atoms with E-state index in [4.69, 9.17) is 5.11 Å². The van der Waals surface area contributed by atoms with Crippen LogP contribution in [0.3, 0.4) is 0 Å². The van der Waals surface area contributed by atoms with Gasteiger partial charge in [0.2, 0.25) is 0 Å². The molecule has 0 spiro atoms. The molecular formula is C10H8FNO3. The predicted octanol–water partition coefficient (Wildman–Crippen LogP) is 1.50. The first-order chi connectivity index (χ1) is 7.09. The quantitative estimate of drug-likeness (QED) is 0.704. The molecule has 0 bridgehead atoms. The van der Waals surface area contributed by atoms with Crippen LogP contribution in [0.1, 0.15) is 15.9 Å². The molecule has 1 aromatic carbocycles. The summed E-state index contributed by atoms with van der Waals surface area (Å²) in [7, 11) is 0. The molecular weight excluding hydrogens is 201 g/mol. The van der Waals surface area contributed by atoms with Crippen molar-refractivity contribution in [3.05, 3.63) is 35.1 Å². The zero-order valence-corrected chi connectivity index (χ0v) is 7.74. The lowest BCUT2D eigenvalue weighted by Gasteiger charge is -2.25. The summed E-state index contributed by atoms with van der Waals surface area (Å²) in [6, 6.07) is 4.23. The SMILES string of the molecule is O=C1CN(C(=O)O)Cc2cccc(F)c21. The summed E-state index contributed by atoms with van der Waals surface area (Å²) >= 11 is 0. The Morgan fingerprint density at radius 3 is 2.80 bits per heavy atom. The number of carbonyl (C=O) groups is 2. The van der Waals surface area contributed by atoms with Crippen LogP contribution in [0.2, 0.25) is 0 Å². The average Bonchev–Trinajstić information content (AvgIpc) is 2.17. The number of benzene rings is 1. The summed E-state index contributed by atoms with van der Waals surface area (Å²) in [5.41, 5.74) is 0.448. The molecule has 1 amide bonds. The zero-order valence-electron chi connectivity index (χ0n) is 7.74. The van der Waals surface area contributed by atoms with Gasteiger partial charge in [-0.25, -0.2) is 9.18 Å². The molecule has 0 aromatic heterocycles. The third-order valence-electron chi connectivity index (χ3n) is 2.34. The van der Waals surface area contributed by atoms with E-state index in [1.54, 1.807) is 6.07 Å². The number of carboxylic acid groups (broad SMARTS) is 1. The van der Waals surface area contributed by atoms with E-state index in [1.807, 2.05) is 0 Å². The van der Waals surface area contributed by atoms with E-state index in [0.717, 1.165) is 4.90 Å². The highest BCUT2D eigenvalue weighted by atomic mass is 19.1. The fourth-order valence-electron chi connectivity index (χ4n) is 1.66. The van der Waals surface area contributed by atoms with Crippen LogP contribution in [0, 0.1) is 5.82 Å². The Hall–Kier alpha value is -1.91. The number of halogens is 1. The third-order valence-corrected chi connectivity index (χ3v) is 2.34. The maximum Gasteiger partial charge on any atom is 0.408 e. The topological polar surface area (TPSA) is 57.6 Å². The molecule has 0 fully saturated rings. The van der Waals surface area contributed by atoms with Crippen LogP contribution in [0.5, 0.6) is 0 Å². The van der Waals surface area contributed by atoms with Gasteiger partial charge in [0.25, 0.3) is 0 Å². The molecule has 0 atom stereocenters. The molecule has 1 heterocycles. The largest absolute Gasteiger partial charge is 0.465 e. The fourth-order valence-corrected chi connectivity index (χ4v) is 1.66. The van der Waals surface area contributed by atoms with Crippen LogP contribution >= 0.6 is 0 Å². The lowest BCUT2D eigenvalue weighted by molar-refractivity contribution is 0.0869. The Kier molecular flexibility index (Phi) is 2.15. The van der Waals surface area contributed by atoms with Gasteiger partial charge in [0.15, 0.2) is 5.78 Å². The second-order valence-corrected chi connectivity index (χ2v) is 3.34. The Labute approximate surface area is 84.9 Å². The predicted molar refractivity (Wildman–Crippen MR) is 49.2 cm³/mol. The molecule has 0 radical (unpaired) electrons.